The number of nitrogens with one attached hydrogen (secondary N) is 2. The van der Waals surface area contributed by atoms with E-state index >= 15 is 0 Å². The van der Waals surface area contributed by atoms with Gasteiger partial charge in [0.2, 0.25) is 0 Å². The van der Waals surface area contributed by atoms with E-state index in [-0.39, 0.29) is 24.0 Å². The van der Waals surface area contributed by atoms with Gasteiger partial charge in [-0.25, -0.2) is 0 Å². The van der Waals surface area contributed by atoms with Gasteiger partial charge in [0.25, 0.3) is 0 Å². The number of halogens is 1. The van der Waals surface area contributed by atoms with Gasteiger partial charge >= 0.3 is 0 Å². The van der Waals surface area contributed by atoms with Gasteiger partial charge in [0.15, 0.2) is 5.96 Å². The molecule has 0 spiro atoms. The standard InChI is InChI=1S/C20H27N3O2S.HI/c1-21-20(23-14-19-6-3-11-26-19)22-13-16-4-2-5-17(12-16)15-25-18-7-9-24-10-8-18;/h2-6,11-12,18H,7-10,13-15H2,1H3,(H2,21,22,23);1H. The first kappa shape index (κ1) is 22.1. The van der Waals surface area contributed by atoms with E-state index < -0.39 is 0 Å². The first-order chi connectivity index (χ1) is 12.8. The van der Waals surface area contributed by atoms with E-state index in [1.165, 1.54) is 16.0 Å². The van der Waals surface area contributed by atoms with Crippen molar-refractivity contribution in [2.45, 2.75) is 38.6 Å². The summed E-state index contributed by atoms with van der Waals surface area (Å²) in [6.07, 6.45) is 2.31. The Morgan fingerprint density at radius 1 is 1.15 bits per heavy atom. The summed E-state index contributed by atoms with van der Waals surface area (Å²) in [4.78, 5) is 5.58. The zero-order valence-corrected chi connectivity index (χ0v) is 18.8. The van der Waals surface area contributed by atoms with Crippen molar-refractivity contribution in [3.63, 3.8) is 0 Å². The maximum absolute atomic E-state index is 6.02. The summed E-state index contributed by atoms with van der Waals surface area (Å²) >= 11 is 1.74. The molecule has 148 valence electrons. The summed E-state index contributed by atoms with van der Waals surface area (Å²) in [5, 5.41) is 8.79. The van der Waals surface area contributed by atoms with E-state index in [0.717, 1.165) is 45.1 Å². The van der Waals surface area contributed by atoms with Crippen LogP contribution in [0.1, 0.15) is 28.8 Å². The minimum absolute atomic E-state index is 0. The molecule has 1 fully saturated rings. The molecule has 0 atom stereocenters. The number of rotatable bonds is 7. The lowest BCUT2D eigenvalue weighted by Crippen LogP contribution is -2.36. The molecule has 0 radical (unpaired) electrons. The predicted molar refractivity (Wildman–Crippen MR) is 122 cm³/mol. The number of aliphatic imine (C=N–C) groups is 1. The summed E-state index contributed by atoms with van der Waals surface area (Å²) in [6.45, 7) is 3.80. The molecular formula is C20H28IN3O2S. The summed E-state index contributed by atoms with van der Waals surface area (Å²) in [7, 11) is 1.79. The predicted octanol–water partition coefficient (Wildman–Crippen LogP) is 3.93. The summed E-state index contributed by atoms with van der Waals surface area (Å²) in [5.74, 6) is 0.808. The van der Waals surface area contributed by atoms with Crippen molar-refractivity contribution < 1.29 is 9.47 Å². The molecule has 0 unspecified atom stereocenters. The zero-order chi connectivity index (χ0) is 18.0. The third-order valence-corrected chi connectivity index (χ3v) is 5.22. The fourth-order valence-corrected chi connectivity index (χ4v) is 3.52. The van der Waals surface area contributed by atoms with Gasteiger partial charge in [0.1, 0.15) is 0 Å². The zero-order valence-electron chi connectivity index (χ0n) is 15.6. The van der Waals surface area contributed by atoms with Crippen molar-refractivity contribution in [2.75, 3.05) is 20.3 Å². The lowest BCUT2D eigenvalue weighted by molar-refractivity contribution is -0.0390. The number of thiophene rings is 1. The van der Waals surface area contributed by atoms with Gasteiger partial charge in [0, 0.05) is 31.7 Å². The SMILES string of the molecule is CN=C(NCc1cccc(COC2CCOCC2)c1)NCc1cccs1.I. The molecule has 1 aliphatic rings. The fraction of sp³-hybridized carbons (Fsp3) is 0.450. The van der Waals surface area contributed by atoms with Crippen LogP contribution in [0.3, 0.4) is 0 Å². The van der Waals surface area contributed by atoms with Crippen LogP contribution in [-0.4, -0.2) is 32.3 Å². The second-order valence-corrected chi connectivity index (χ2v) is 7.33. The van der Waals surface area contributed by atoms with E-state index in [9.17, 15) is 0 Å². The minimum atomic E-state index is 0. The third kappa shape index (κ3) is 7.77. The molecule has 5 nitrogen and oxygen atoms in total. The van der Waals surface area contributed by atoms with Crippen LogP contribution in [0.25, 0.3) is 0 Å². The van der Waals surface area contributed by atoms with Crippen LogP contribution in [0.4, 0.5) is 0 Å². The van der Waals surface area contributed by atoms with E-state index in [4.69, 9.17) is 9.47 Å². The molecule has 2 heterocycles. The molecule has 0 bridgehead atoms. The molecule has 0 aliphatic carbocycles. The van der Waals surface area contributed by atoms with Crippen molar-refractivity contribution in [3.05, 3.63) is 57.8 Å². The Balaban J connectivity index is 0.00000261. The highest BCUT2D eigenvalue weighted by Crippen LogP contribution is 2.14. The van der Waals surface area contributed by atoms with Crippen molar-refractivity contribution in [2.24, 2.45) is 4.99 Å². The lowest BCUT2D eigenvalue weighted by Gasteiger charge is -2.22. The first-order valence-corrected chi connectivity index (χ1v) is 9.95. The van der Waals surface area contributed by atoms with Gasteiger partial charge in [-0.3, -0.25) is 4.99 Å². The fourth-order valence-electron chi connectivity index (χ4n) is 2.88. The topological polar surface area (TPSA) is 54.9 Å². The van der Waals surface area contributed by atoms with Gasteiger partial charge in [-0.05, 0) is 35.4 Å². The average molecular weight is 501 g/mol. The Morgan fingerprint density at radius 3 is 2.67 bits per heavy atom. The Kier molecular flexibility index (Phi) is 10.1. The van der Waals surface area contributed by atoms with Gasteiger partial charge in [-0.15, -0.1) is 35.3 Å². The van der Waals surface area contributed by atoms with E-state index in [0.29, 0.717) is 12.7 Å². The molecule has 1 aliphatic heterocycles. The molecule has 27 heavy (non-hydrogen) atoms. The van der Waals surface area contributed by atoms with Crippen LogP contribution in [0.5, 0.6) is 0 Å². The highest BCUT2D eigenvalue weighted by atomic mass is 127. The van der Waals surface area contributed by atoms with Gasteiger partial charge < -0.3 is 20.1 Å². The molecule has 0 saturated carbocycles. The van der Waals surface area contributed by atoms with Crippen LogP contribution in [-0.2, 0) is 29.2 Å². The quantitative estimate of drug-likeness (QED) is 0.343. The smallest absolute Gasteiger partial charge is 0.191 e. The number of nitrogens with zero attached hydrogens (tertiary/aromatic N) is 1. The highest BCUT2D eigenvalue weighted by Gasteiger charge is 2.14. The van der Waals surface area contributed by atoms with Crippen molar-refractivity contribution in [1.82, 2.24) is 10.6 Å². The number of ether oxygens (including phenoxy) is 2. The van der Waals surface area contributed by atoms with Crippen LogP contribution in [0.2, 0.25) is 0 Å². The molecule has 1 saturated heterocycles. The van der Waals surface area contributed by atoms with Crippen LogP contribution in [0.15, 0.2) is 46.8 Å². The Labute approximate surface area is 182 Å². The Hall–Kier alpha value is -1.16. The highest BCUT2D eigenvalue weighted by molar-refractivity contribution is 14.0. The normalized spacial score (nSPS) is 15.2. The molecule has 1 aromatic carbocycles. The monoisotopic (exact) mass is 501 g/mol. The van der Waals surface area contributed by atoms with Gasteiger partial charge in [-0.1, -0.05) is 30.3 Å². The number of hydrogen-bond acceptors (Lipinski definition) is 4. The largest absolute Gasteiger partial charge is 0.381 e. The third-order valence-electron chi connectivity index (χ3n) is 4.34. The molecule has 3 rings (SSSR count). The Bertz CT molecular complexity index is 688. The number of hydrogen-bond donors (Lipinski definition) is 2. The summed E-state index contributed by atoms with van der Waals surface area (Å²) < 4.78 is 11.4. The maximum Gasteiger partial charge on any atom is 0.191 e. The van der Waals surface area contributed by atoms with Crippen molar-refractivity contribution in [1.29, 1.82) is 0 Å². The second kappa shape index (κ2) is 12.3. The summed E-state index contributed by atoms with van der Waals surface area (Å²) in [5.41, 5.74) is 2.43. The van der Waals surface area contributed by atoms with Crippen LogP contribution in [0, 0.1) is 0 Å². The maximum atomic E-state index is 6.02. The molecule has 7 heteroatoms. The molecule has 0 amide bonds. The van der Waals surface area contributed by atoms with Gasteiger partial charge in [-0.2, -0.15) is 0 Å². The van der Waals surface area contributed by atoms with E-state index in [2.05, 4.69) is 57.4 Å². The first-order valence-electron chi connectivity index (χ1n) is 9.07. The number of guanidine groups is 1. The van der Waals surface area contributed by atoms with Crippen molar-refractivity contribution >= 4 is 41.3 Å². The lowest BCUT2D eigenvalue weighted by atomic mass is 10.1. The molecule has 1 aromatic heterocycles. The van der Waals surface area contributed by atoms with Crippen LogP contribution < -0.4 is 10.6 Å². The van der Waals surface area contributed by atoms with Crippen molar-refractivity contribution in [3.8, 4) is 0 Å². The summed E-state index contributed by atoms with van der Waals surface area (Å²) in [6, 6.07) is 12.7. The second-order valence-electron chi connectivity index (χ2n) is 6.30. The minimum Gasteiger partial charge on any atom is -0.381 e. The van der Waals surface area contributed by atoms with Gasteiger partial charge in [0.05, 0.1) is 19.3 Å². The molecular weight excluding hydrogens is 473 g/mol. The Morgan fingerprint density at radius 2 is 1.93 bits per heavy atom. The van der Waals surface area contributed by atoms with E-state index in [1.54, 1.807) is 18.4 Å². The van der Waals surface area contributed by atoms with Crippen LogP contribution >= 0.6 is 35.3 Å². The number of benzene rings is 1. The molecule has 2 aromatic rings. The van der Waals surface area contributed by atoms with E-state index in [1.807, 2.05) is 0 Å². The average Bonchev–Trinajstić information content (AvgIpc) is 3.21. The molecule has 2 N–H and O–H groups in total.